The zero-order chi connectivity index (χ0) is 15.8. The van der Waals surface area contributed by atoms with Gasteiger partial charge >= 0.3 is 5.97 Å². The fourth-order valence-electron chi connectivity index (χ4n) is 1.91. The molecule has 0 aromatic heterocycles. The standard InChI is InChI=1S/C16H21NO4/c1-12-4-5-14(13(2)10-12)6-7-15(18)17(8-9-21-3)11-16(19)20/h4-7,10H,8-9,11H2,1-3H3,(H,19,20). The van der Waals surface area contributed by atoms with E-state index in [4.69, 9.17) is 9.84 Å². The maximum absolute atomic E-state index is 12.1. The third kappa shape index (κ3) is 5.79. The number of ether oxygens (including phenoxy) is 1. The molecule has 0 aliphatic rings. The van der Waals surface area contributed by atoms with Crippen LogP contribution < -0.4 is 0 Å². The fraction of sp³-hybridized carbons (Fsp3) is 0.375. The van der Waals surface area contributed by atoms with Crippen LogP contribution in [0.15, 0.2) is 24.3 Å². The van der Waals surface area contributed by atoms with E-state index in [1.54, 1.807) is 6.08 Å². The molecule has 0 aliphatic carbocycles. The number of carbonyl (C=O) groups excluding carboxylic acids is 1. The number of carbonyl (C=O) groups is 2. The lowest BCUT2D eigenvalue weighted by atomic mass is 10.1. The number of methoxy groups -OCH3 is 1. The van der Waals surface area contributed by atoms with Crippen LogP contribution in [0.2, 0.25) is 0 Å². The summed E-state index contributed by atoms with van der Waals surface area (Å²) < 4.78 is 4.89. The molecule has 0 heterocycles. The van der Waals surface area contributed by atoms with Crippen LogP contribution in [-0.2, 0) is 14.3 Å². The Labute approximate surface area is 124 Å². The number of aryl methyl sites for hydroxylation is 2. The Kier molecular flexibility index (Phi) is 6.62. The molecule has 0 radical (unpaired) electrons. The highest BCUT2D eigenvalue weighted by atomic mass is 16.5. The second-order valence-electron chi connectivity index (χ2n) is 4.84. The Morgan fingerprint density at radius 3 is 2.62 bits per heavy atom. The normalized spacial score (nSPS) is 10.8. The molecule has 0 spiro atoms. The van der Waals surface area contributed by atoms with Gasteiger partial charge in [-0.3, -0.25) is 9.59 Å². The van der Waals surface area contributed by atoms with Crippen LogP contribution in [0.1, 0.15) is 16.7 Å². The second kappa shape index (κ2) is 8.21. The molecular formula is C16H21NO4. The number of hydrogen-bond donors (Lipinski definition) is 1. The number of nitrogens with zero attached hydrogens (tertiary/aromatic N) is 1. The van der Waals surface area contributed by atoms with E-state index >= 15 is 0 Å². The molecule has 1 amide bonds. The monoisotopic (exact) mass is 291 g/mol. The van der Waals surface area contributed by atoms with Gasteiger partial charge in [0.25, 0.3) is 0 Å². The van der Waals surface area contributed by atoms with E-state index in [0.29, 0.717) is 6.61 Å². The van der Waals surface area contributed by atoms with E-state index in [2.05, 4.69) is 0 Å². The Bertz CT molecular complexity index is 537. The molecule has 0 bridgehead atoms. The summed E-state index contributed by atoms with van der Waals surface area (Å²) in [5.41, 5.74) is 3.17. The summed E-state index contributed by atoms with van der Waals surface area (Å²) in [4.78, 5) is 24.1. The number of carboxylic acids is 1. The predicted octanol–water partition coefficient (Wildman–Crippen LogP) is 1.88. The summed E-state index contributed by atoms with van der Waals surface area (Å²) in [6.07, 6.45) is 3.11. The first-order valence-corrected chi connectivity index (χ1v) is 6.69. The molecule has 0 unspecified atom stereocenters. The average molecular weight is 291 g/mol. The number of benzene rings is 1. The number of amides is 1. The summed E-state index contributed by atoms with van der Waals surface area (Å²) in [5.74, 6) is -1.38. The van der Waals surface area contributed by atoms with Crippen molar-refractivity contribution in [2.24, 2.45) is 0 Å². The van der Waals surface area contributed by atoms with Gasteiger partial charge in [0.1, 0.15) is 6.54 Å². The SMILES string of the molecule is COCCN(CC(=O)O)C(=O)C=Cc1ccc(C)cc1C. The Balaban J connectivity index is 2.79. The van der Waals surface area contributed by atoms with Crippen molar-refractivity contribution in [3.05, 3.63) is 41.0 Å². The first-order valence-electron chi connectivity index (χ1n) is 6.69. The van der Waals surface area contributed by atoms with Gasteiger partial charge in [0.15, 0.2) is 0 Å². The van der Waals surface area contributed by atoms with E-state index in [0.717, 1.165) is 16.7 Å². The largest absolute Gasteiger partial charge is 0.480 e. The van der Waals surface area contributed by atoms with Crippen LogP contribution in [0.25, 0.3) is 6.08 Å². The number of carboxylic acid groups (broad SMARTS) is 1. The first kappa shape index (κ1) is 16.9. The molecule has 0 saturated heterocycles. The van der Waals surface area contributed by atoms with Crippen molar-refractivity contribution >= 4 is 18.0 Å². The predicted molar refractivity (Wildman–Crippen MR) is 81.0 cm³/mol. The topological polar surface area (TPSA) is 66.8 Å². The van der Waals surface area contributed by atoms with Crippen LogP contribution >= 0.6 is 0 Å². The van der Waals surface area contributed by atoms with Gasteiger partial charge < -0.3 is 14.7 Å². The molecule has 114 valence electrons. The maximum atomic E-state index is 12.1. The quantitative estimate of drug-likeness (QED) is 0.779. The van der Waals surface area contributed by atoms with Crippen molar-refractivity contribution < 1.29 is 19.4 Å². The number of aliphatic carboxylic acids is 1. The summed E-state index contributed by atoms with van der Waals surface area (Å²) in [6, 6.07) is 5.94. The maximum Gasteiger partial charge on any atom is 0.323 e. The molecule has 0 fully saturated rings. The highest BCUT2D eigenvalue weighted by molar-refractivity contribution is 5.93. The minimum absolute atomic E-state index is 0.249. The highest BCUT2D eigenvalue weighted by Gasteiger charge is 2.13. The molecule has 21 heavy (non-hydrogen) atoms. The van der Waals surface area contributed by atoms with Crippen molar-refractivity contribution in [2.45, 2.75) is 13.8 Å². The fourth-order valence-corrected chi connectivity index (χ4v) is 1.91. The Morgan fingerprint density at radius 2 is 2.05 bits per heavy atom. The third-order valence-corrected chi connectivity index (χ3v) is 3.03. The van der Waals surface area contributed by atoms with Crippen molar-refractivity contribution in [1.29, 1.82) is 0 Å². The van der Waals surface area contributed by atoms with Crippen LogP contribution in [0.5, 0.6) is 0 Å². The van der Waals surface area contributed by atoms with Crippen molar-refractivity contribution in [1.82, 2.24) is 4.90 Å². The summed E-state index contributed by atoms with van der Waals surface area (Å²) in [6.45, 7) is 4.19. The van der Waals surface area contributed by atoms with Gasteiger partial charge in [-0.25, -0.2) is 0 Å². The van der Waals surface area contributed by atoms with E-state index in [-0.39, 0.29) is 19.0 Å². The van der Waals surface area contributed by atoms with Crippen LogP contribution in [0.4, 0.5) is 0 Å². The second-order valence-corrected chi connectivity index (χ2v) is 4.84. The molecule has 1 aromatic rings. The van der Waals surface area contributed by atoms with E-state index in [9.17, 15) is 9.59 Å². The minimum atomic E-state index is -1.04. The minimum Gasteiger partial charge on any atom is -0.480 e. The van der Waals surface area contributed by atoms with Gasteiger partial charge in [0.05, 0.1) is 6.61 Å². The Morgan fingerprint density at radius 1 is 1.33 bits per heavy atom. The lowest BCUT2D eigenvalue weighted by molar-refractivity contribution is -0.143. The van der Waals surface area contributed by atoms with Gasteiger partial charge in [-0.2, -0.15) is 0 Å². The summed E-state index contributed by atoms with van der Waals surface area (Å²) >= 11 is 0. The highest BCUT2D eigenvalue weighted by Crippen LogP contribution is 2.12. The van der Waals surface area contributed by atoms with Crippen LogP contribution in [0.3, 0.4) is 0 Å². The van der Waals surface area contributed by atoms with Crippen molar-refractivity contribution in [3.63, 3.8) is 0 Å². The number of hydrogen-bond acceptors (Lipinski definition) is 3. The lowest BCUT2D eigenvalue weighted by Crippen LogP contribution is -2.36. The number of rotatable bonds is 7. The van der Waals surface area contributed by atoms with Crippen LogP contribution in [-0.4, -0.2) is 48.7 Å². The average Bonchev–Trinajstić information content (AvgIpc) is 2.41. The molecule has 0 aliphatic heterocycles. The van der Waals surface area contributed by atoms with Crippen molar-refractivity contribution in [2.75, 3.05) is 26.8 Å². The zero-order valence-corrected chi connectivity index (χ0v) is 12.6. The van der Waals surface area contributed by atoms with E-state index < -0.39 is 5.97 Å². The van der Waals surface area contributed by atoms with E-state index in [1.807, 2.05) is 32.0 Å². The molecule has 0 saturated carbocycles. The first-order chi connectivity index (χ1) is 9.93. The van der Waals surface area contributed by atoms with Crippen molar-refractivity contribution in [3.8, 4) is 0 Å². The molecule has 0 atom stereocenters. The van der Waals surface area contributed by atoms with Gasteiger partial charge in [-0.1, -0.05) is 23.8 Å². The van der Waals surface area contributed by atoms with Gasteiger partial charge in [-0.15, -0.1) is 0 Å². The molecule has 1 aromatic carbocycles. The Hall–Kier alpha value is -2.14. The van der Waals surface area contributed by atoms with Crippen LogP contribution in [0, 0.1) is 13.8 Å². The molecule has 1 rings (SSSR count). The molecular weight excluding hydrogens is 270 g/mol. The van der Waals surface area contributed by atoms with E-state index in [1.165, 1.54) is 18.1 Å². The van der Waals surface area contributed by atoms with Gasteiger partial charge in [0.2, 0.25) is 5.91 Å². The zero-order valence-electron chi connectivity index (χ0n) is 12.6. The summed E-state index contributed by atoms with van der Waals surface area (Å²) in [7, 11) is 1.51. The smallest absolute Gasteiger partial charge is 0.323 e. The lowest BCUT2D eigenvalue weighted by Gasteiger charge is -2.18. The van der Waals surface area contributed by atoms with Gasteiger partial charge in [-0.05, 0) is 31.1 Å². The third-order valence-electron chi connectivity index (χ3n) is 3.03. The van der Waals surface area contributed by atoms with Gasteiger partial charge in [0, 0.05) is 19.7 Å². The molecule has 1 N–H and O–H groups in total. The summed E-state index contributed by atoms with van der Waals surface area (Å²) in [5, 5.41) is 8.83. The molecule has 5 heteroatoms. The molecule has 5 nitrogen and oxygen atoms in total.